The molecule has 1 heterocycles. The molecular weight excluding hydrogens is 258 g/mol. The number of benzene rings is 1. The van der Waals surface area contributed by atoms with Crippen molar-refractivity contribution in [2.75, 3.05) is 5.75 Å². The van der Waals surface area contributed by atoms with E-state index in [1.54, 1.807) is 18.0 Å². The van der Waals surface area contributed by atoms with E-state index in [1.165, 1.54) is 0 Å². The molecule has 0 aliphatic rings. The van der Waals surface area contributed by atoms with Gasteiger partial charge in [0.05, 0.1) is 11.1 Å². The van der Waals surface area contributed by atoms with Crippen molar-refractivity contribution in [3.8, 4) is 0 Å². The Kier molecular flexibility index (Phi) is 4.63. The predicted molar refractivity (Wildman–Crippen MR) is 79.9 cm³/mol. The van der Waals surface area contributed by atoms with Gasteiger partial charge in [0.25, 0.3) is 0 Å². The first-order valence-electron chi connectivity index (χ1n) is 6.26. The van der Waals surface area contributed by atoms with Crippen LogP contribution in [0.15, 0.2) is 40.5 Å². The van der Waals surface area contributed by atoms with Gasteiger partial charge in [-0.2, -0.15) is 0 Å². The molecule has 0 aliphatic heterocycles. The minimum atomic E-state index is 0.109. The molecule has 5 heteroatoms. The summed E-state index contributed by atoms with van der Waals surface area (Å²) in [7, 11) is 0. The molecule has 100 valence electrons. The SMILES string of the molecule is CCCCSc1c(/C(N)=N/O)cnc2ccccc12. The van der Waals surface area contributed by atoms with E-state index in [0.717, 1.165) is 34.4 Å². The number of thioether (sulfide) groups is 1. The standard InChI is InChI=1S/C14H17N3OS/c1-2-3-8-19-13-10-6-4-5-7-12(10)16-9-11(13)14(15)17-18/h4-7,9,18H,2-3,8H2,1H3,(H2,15,17). The second-order valence-corrected chi connectivity index (χ2v) is 5.31. The number of aromatic nitrogens is 1. The van der Waals surface area contributed by atoms with Gasteiger partial charge in [0.1, 0.15) is 0 Å². The summed E-state index contributed by atoms with van der Waals surface area (Å²) in [4.78, 5) is 5.39. The third-order valence-corrected chi connectivity index (χ3v) is 4.08. The number of nitrogens with two attached hydrogens (primary N) is 1. The molecule has 2 aromatic rings. The fourth-order valence-corrected chi connectivity index (χ4v) is 3.10. The predicted octanol–water partition coefficient (Wildman–Crippen LogP) is 3.22. The number of fused-ring (bicyclic) bond motifs is 1. The Morgan fingerprint density at radius 1 is 1.42 bits per heavy atom. The van der Waals surface area contributed by atoms with Crippen molar-refractivity contribution in [3.05, 3.63) is 36.0 Å². The summed E-state index contributed by atoms with van der Waals surface area (Å²) in [5.74, 6) is 1.12. The number of para-hydroxylation sites is 1. The summed E-state index contributed by atoms with van der Waals surface area (Å²) in [6, 6.07) is 7.92. The molecule has 0 bridgehead atoms. The average Bonchev–Trinajstić information content (AvgIpc) is 2.46. The topological polar surface area (TPSA) is 71.5 Å². The van der Waals surface area contributed by atoms with Crippen LogP contribution in [0.1, 0.15) is 25.3 Å². The van der Waals surface area contributed by atoms with Gasteiger partial charge < -0.3 is 10.9 Å². The van der Waals surface area contributed by atoms with Crippen LogP contribution in [0, 0.1) is 0 Å². The van der Waals surface area contributed by atoms with Crippen LogP contribution in [0.2, 0.25) is 0 Å². The van der Waals surface area contributed by atoms with Gasteiger partial charge in [-0.25, -0.2) is 0 Å². The van der Waals surface area contributed by atoms with Crippen molar-refractivity contribution in [1.29, 1.82) is 0 Å². The molecule has 3 N–H and O–H groups in total. The first kappa shape index (κ1) is 13.7. The molecule has 0 saturated heterocycles. The molecule has 0 saturated carbocycles. The molecule has 1 aromatic heterocycles. The van der Waals surface area contributed by atoms with Gasteiger partial charge in [-0.05, 0) is 18.2 Å². The Hall–Kier alpha value is -1.75. The first-order valence-corrected chi connectivity index (χ1v) is 7.25. The number of hydrogen-bond donors (Lipinski definition) is 2. The number of unbranched alkanes of at least 4 members (excludes halogenated alkanes) is 1. The second kappa shape index (κ2) is 6.43. The lowest BCUT2D eigenvalue weighted by Gasteiger charge is -2.10. The van der Waals surface area contributed by atoms with Gasteiger partial charge in [0, 0.05) is 16.5 Å². The quantitative estimate of drug-likeness (QED) is 0.219. The van der Waals surface area contributed by atoms with Crippen LogP contribution in [0.5, 0.6) is 0 Å². The zero-order valence-electron chi connectivity index (χ0n) is 10.8. The molecule has 0 aliphatic carbocycles. The largest absolute Gasteiger partial charge is 0.409 e. The normalized spacial score (nSPS) is 11.9. The number of nitrogens with zero attached hydrogens (tertiary/aromatic N) is 2. The Bertz CT molecular complexity index is 598. The fourth-order valence-electron chi connectivity index (χ4n) is 1.83. The van der Waals surface area contributed by atoms with E-state index < -0.39 is 0 Å². The summed E-state index contributed by atoms with van der Waals surface area (Å²) in [6.45, 7) is 2.16. The van der Waals surface area contributed by atoms with E-state index in [9.17, 15) is 0 Å². The summed E-state index contributed by atoms with van der Waals surface area (Å²) in [5, 5.41) is 13.0. The maximum atomic E-state index is 8.88. The Morgan fingerprint density at radius 2 is 2.21 bits per heavy atom. The van der Waals surface area contributed by atoms with E-state index in [4.69, 9.17) is 10.9 Å². The lowest BCUT2D eigenvalue weighted by atomic mass is 10.1. The first-order chi connectivity index (χ1) is 9.27. The van der Waals surface area contributed by atoms with Crippen LogP contribution in [-0.2, 0) is 0 Å². The monoisotopic (exact) mass is 275 g/mol. The third kappa shape index (κ3) is 2.98. The van der Waals surface area contributed by atoms with Crippen molar-refractivity contribution in [2.24, 2.45) is 10.9 Å². The number of hydrogen-bond acceptors (Lipinski definition) is 4. The van der Waals surface area contributed by atoms with E-state index in [-0.39, 0.29) is 5.84 Å². The summed E-state index contributed by atoms with van der Waals surface area (Å²) in [6.07, 6.45) is 3.96. The van der Waals surface area contributed by atoms with Gasteiger partial charge >= 0.3 is 0 Å². The van der Waals surface area contributed by atoms with Crippen molar-refractivity contribution in [2.45, 2.75) is 24.7 Å². The highest BCUT2D eigenvalue weighted by Crippen LogP contribution is 2.30. The molecule has 0 atom stereocenters. The van der Waals surface area contributed by atoms with Crippen molar-refractivity contribution >= 4 is 28.5 Å². The van der Waals surface area contributed by atoms with Gasteiger partial charge in [-0.3, -0.25) is 4.98 Å². The summed E-state index contributed by atoms with van der Waals surface area (Å²) < 4.78 is 0. The van der Waals surface area contributed by atoms with Gasteiger partial charge in [0.15, 0.2) is 5.84 Å². The molecule has 1 aromatic carbocycles. The number of pyridine rings is 1. The van der Waals surface area contributed by atoms with Gasteiger partial charge in [-0.1, -0.05) is 36.7 Å². The van der Waals surface area contributed by atoms with Crippen LogP contribution in [-0.4, -0.2) is 21.8 Å². The Labute approximate surface area is 116 Å². The minimum absolute atomic E-state index is 0.109. The lowest BCUT2D eigenvalue weighted by molar-refractivity contribution is 0.318. The van der Waals surface area contributed by atoms with Crippen LogP contribution in [0.25, 0.3) is 10.9 Å². The molecule has 0 unspecified atom stereocenters. The smallest absolute Gasteiger partial charge is 0.172 e. The van der Waals surface area contributed by atoms with E-state index >= 15 is 0 Å². The molecular formula is C14H17N3OS. The third-order valence-electron chi connectivity index (χ3n) is 2.85. The summed E-state index contributed by atoms with van der Waals surface area (Å²) in [5.41, 5.74) is 7.36. The number of amidine groups is 1. The van der Waals surface area contributed by atoms with Crippen molar-refractivity contribution < 1.29 is 5.21 Å². The highest BCUT2D eigenvalue weighted by atomic mass is 32.2. The van der Waals surface area contributed by atoms with Crippen LogP contribution in [0.3, 0.4) is 0 Å². The molecule has 0 radical (unpaired) electrons. The highest BCUT2D eigenvalue weighted by molar-refractivity contribution is 7.99. The number of rotatable bonds is 5. The Morgan fingerprint density at radius 3 is 2.95 bits per heavy atom. The van der Waals surface area contributed by atoms with E-state index in [0.29, 0.717) is 5.56 Å². The molecule has 0 spiro atoms. The summed E-state index contributed by atoms with van der Waals surface area (Å²) >= 11 is 1.73. The lowest BCUT2D eigenvalue weighted by Crippen LogP contribution is -2.15. The fraction of sp³-hybridized carbons (Fsp3) is 0.286. The van der Waals surface area contributed by atoms with E-state index in [1.807, 2.05) is 24.3 Å². The molecule has 4 nitrogen and oxygen atoms in total. The maximum absolute atomic E-state index is 8.88. The van der Waals surface area contributed by atoms with Crippen LogP contribution < -0.4 is 5.73 Å². The number of oxime groups is 1. The highest BCUT2D eigenvalue weighted by Gasteiger charge is 2.12. The zero-order valence-corrected chi connectivity index (χ0v) is 11.7. The van der Waals surface area contributed by atoms with Crippen LogP contribution in [0.4, 0.5) is 0 Å². The van der Waals surface area contributed by atoms with Crippen LogP contribution >= 0.6 is 11.8 Å². The van der Waals surface area contributed by atoms with Gasteiger partial charge in [0.2, 0.25) is 0 Å². The van der Waals surface area contributed by atoms with E-state index in [2.05, 4.69) is 17.1 Å². The van der Waals surface area contributed by atoms with Crippen molar-refractivity contribution in [3.63, 3.8) is 0 Å². The van der Waals surface area contributed by atoms with Gasteiger partial charge in [-0.15, -0.1) is 11.8 Å². The maximum Gasteiger partial charge on any atom is 0.172 e. The minimum Gasteiger partial charge on any atom is -0.409 e. The zero-order chi connectivity index (χ0) is 13.7. The average molecular weight is 275 g/mol. The molecule has 2 rings (SSSR count). The molecule has 0 fully saturated rings. The molecule has 0 amide bonds. The molecule has 19 heavy (non-hydrogen) atoms. The van der Waals surface area contributed by atoms with Crippen molar-refractivity contribution in [1.82, 2.24) is 4.98 Å². The second-order valence-electron chi connectivity index (χ2n) is 4.21. The Balaban J connectivity index is 2.51.